The van der Waals surface area contributed by atoms with E-state index in [0.29, 0.717) is 5.69 Å². The number of rotatable bonds is 1. The average molecular weight is 275 g/mol. The van der Waals surface area contributed by atoms with Gasteiger partial charge in [-0.2, -0.15) is 18.3 Å². The van der Waals surface area contributed by atoms with E-state index >= 15 is 0 Å². The van der Waals surface area contributed by atoms with Gasteiger partial charge in [-0.15, -0.1) is 0 Å². The Labute approximate surface area is 107 Å². The van der Waals surface area contributed by atoms with Crippen LogP contribution in [-0.4, -0.2) is 9.78 Å². The van der Waals surface area contributed by atoms with E-state index in [4.69, 9.17) is 11.6 Å². The lowest BCUT2D eigenvalue weighted by Gasteiger charge is -2.04. The lowest BCUT2D eigenvalue weighted by atomic mass is 10.2. The van der Waals surface area contributed by atoms with Gasteiger partial charge in [0.05, 0.1) is 5.69 Å². The molecule has 0 saturated carbocycles. The van der Waals surface area contributed by atoms with Crippen LogP contribution in [0.15, 0.2) is 24.3 Å². The van der Waals surface area contributed by atoms with Crippen LogP contribution >= 0.6 is 11.6 Å². The fourth-order valence-corrected chi connectivity index (χ4v) is 1.83. The zero-order chi connectivity index (χ0) is 13.5. The van der Waals surface area contributed by atoms with Gasteiger partial charge in [-0.05, 0) is 26.0 Å². The van der Waals surface area contributed by atoms with Gasteiger partial charge >= 0.3 is 6.18 Å². The predicted molar refractivity (Wildman–Crippen MR) is 63.1 cm³/mol. The van der Waals surface area contributed by atoms with E-state index in [0.717, 1.165) is 10.2 Å². The van der Waals surface area contributed by atoms with Crippen LogP contribution in [0.5, 0.6) is 0 Å². The zero-order valence-electron chi connectivity index (χ0n) is 9.72. The van der Waals surface area contributed by atoms with E-state index in [1.807, 2.05) is 6.92 Å². The van der Waals surface area contributed by atoms with Crippen molar-refractivity contribution in [3.05, 3.63) is 46.2 Å². The van der Waals surface area contributed by atoms with Crippen molar-refractivity contribution in [3.8, 4) is 5.69 Å². The molecule has 0 aliphatic heterocycles. The van der Waals surface area contributed by atoms with Crippen molar-refractivity contribution in [1.82, 2.24) is 9.78 Å². The van der Waals surface area contributed by atoms with Gasteiger partial charge in [0.2, 0.25) is 0 Å². The number of halogens is 4. The molecule has 0 spiro atoms. The highest BCUT2D eigenvalue weighted by Gasteiger charge is 2.37. The summed E-state index contributed by atoms with van der Waals surface area (Å²) in [5.41, 5.74) is 0.497. The van der Waals surface area contributed by atoms with Gasteiger partial charge in [-0.3, -0.25) is 0 Å². The predicted octanol–water partition coefficient (Wildman–Crippen LogP) is 4.16. The molecule has 0 atom stereocenters. The Morgan fingerprint density at radius 3 is 2.11 bits per heavy atom. The van der Waals surface area contributed by atoms with Crippen molar-refractivity contribution < 1.29 is 13.2 Å². The first-order chi connectivity index (χ1) is 8.30. The number of alkyl halides is 3. The number of hydrogen-bond acceptors (Lipinski definition) is 1. The summed E-state index contributed by atoms with van der Waals surface area (Å²) in [6.07, 6.45) is -4.50. The Morgan fingerprint density at radius 2 is 1.67 bits per heavy atom. The summed E-state index contributed by atoms with van der Waals surface area (Å²) < 4.78 is 39.2. The molecule has 0 bridgehead atoms. The van der Waals surface area contributed by atoms with Crippen LogP contribution in [-0.2, 0) is 6.18 Å². The Hall–Kier alpha value is -1.49. The molecule has 1 aromatic carbocycles. The molecule has 1 heterocycles. The highest BCUT2D eigenvalue weighted by atomic mass is 35.5. The van der Waals surface area contributed by atoms with Crippen LogP contribution in [0.3, 0.4) is 0 Å². The maximum Gasteiger partial charge on any atom is 0.435 e. The zero-order valence-corrected chi connectivity index (χ0v) is 10.5. The van der Waals surface area contributed by atoms with Crippen LogP contribution in [0, 0.1) is 13.8 Å². The Kier molecular flexibility index (Phi) is 3.11. The maximum absolute atomic E-state index is 12.7. The molecule has 0 N–H and O–H groups in total. The van der Waals surface area contributed by atoms with Crippen molar-refractivity contribution in [1.29, 1.82) is 0 Å². The summed E-state index contributed by atoms with van der Waals surface area (Å²) >= 11 is 5.89. The molecule has 0 saturated heterocycles. The third-order valence-corrected chi connectivity index (χ3v) is 3.04. The Balaban J connectivity index is 2.56. The average Bonchev–Trinajstić information content (AvgIpc) is 2.57. The molecule has 0 amide bonds. The van der Waals surface area contributed by atoms with Crippen LogP contribution < -0.4 is 0 Å². The van der Waals surface area contributed by atoms with E-state index in [-0.39, 0.29) is 10.7 Å². The summed E-state index contributed by atoms with van der Waals surface area (Å²) in [5.74, 6) is 0. The third kappa shape index (κ3) is 2.22. The second kappa shape index (κ2) is 4.31. The highest BCUT2D eigenvalue weighted by molar-refractivity contribution is 6.30. The van der Waals surface area contributed by atoms with Gasteiger partial charge in [0.25, 0.3) is 0 Å². The molecular formula is C12H10ClF3N2. The Morgan fingerprint density at radius 1 is 1.11 bits per heavy atom. The van der Waals surface area contributed by atoms with Crippen molar-refractivity contribution in [3.63, 3.8) is 0 Å². The monoisotopic (exact) mass is 274 g/mol. The van der Waals surface area contributed by atoms with E-state index in [2.05, 4.69) is 5.10 Å². The molecule has 0 radical (unpaired) electrons. The molecule has 18 heavy (non-hydrogen) atoms. The molecule has 2 rings (SSSR count). The maximum atomic E-state index is 12.7. The lowest BCUT2D eigenvalue weighted by Crippen LogP contribution is -2.08. The number of nitrogens with zero attached hydrogens (tertiary/aromatic N) is 2. The molecule has 6 heteroatoms. The first-order valence-electron chi connectivity index (χ1n) is 5.20. The molecule has 0 aliphatic rings. The van der Waals surface area contributed by atoms with Crippen LogP contribution in [0.4, 0.5) is 13.2 Å². The van der Waals surface area contributed by atoms with Crippen molar-refractivity contribution >= 4 is 11.6 Å². The fraction of sp³-hybridized carbons (Fsp3) is 0.250. The van der Waals surface area contributed by atoms with Crippen LogP contribution in [0.25, 0.3) is 5.69 Å². The number of benzene rings is 1. The fourth-order valence-electron chi connectivity index (χ4n) is 1.60. The van der Waals surface area contributed by atoms with E-state index in [9.17, 15) is 13.2 Å². The smallest absolute Gasteiger partial charge is 0.221 e. The second-order valence-corrected chi connectivity index (χ2v) is 4.37. The van der Waals surface area contributed by atoms with Crippen molar-refractivity contribution in [2.75, 3.05) is 0 Å². The summed E-state index contributed by atoms with van der Waals surface area (Å²) in [7, 11) is 0. The molecule has 96 valence electrons. The van der Waals surface area contributed by atoms with E-state index in [1.165, 1.54) is 6.92 Å². The van der Waals surface area contributed by atoms with Crippen molar-refractivity contribution in [2.45, 2.75) is 20.0 Å². The number of hydrogen-bond donors (Lipinski definition) is 0. The first-order valence-corrected chi connectivity index (χ1v) is 5.58. The van der Waals surface area contributed by atoms with Crippen LogP contribution in [0.1, 0.15) is 16.8 Å². The van der Waals surface area contributed by atoms with Crippen LogP contribution in [0.2, 0.25) is 5.15 Å². The molecule has 2 aromatic rings. The standard InChI is InChI=1S/C12H10ClF3N2/c1-7-3-5-9(6-4-7)18-11(13)8(2)10(17-18)12(14,15)16/h3-6H,1-2H3. The Bertz CT molecular complexity index is 570. The molecule has 0 unspecified atom stereocenters. The summed E-state index contributed by atoms with van der Waals surface area (Å²) in [5, 5.41) is 3.52. The van der Waals surface area contributed by atoms with Gasteiger partial charge in [0.1, 0.15) is 5.15 Å². The summed E-state index contributed by atoms with van der Waals surface area (Å²) in [6, 6.07) is 6.92. The number of aromatic nitrogens is 2. The molecule has 1 aromatic heterocycles. The number of aryl methyl sites for hydroxylation is 1. The minimum Gasteiger partial charge on any atom is -0.221 e. The SMILES string of the molecule is Cc1ccc(-n2nc(C(F)(F)F)c(C)c2Cl)cc1. The minimum atomic E-state index is -4.50. The summed E-state index contributed by atoms with van der Waals surface area (Å²) in [4.78, 5) is 0. The van der Waals surface area contributed by atoms with Gasteiger partial charge in [-0.1, -0.05) is 29.3 Å². The molecule has 0 aliphatic carbocycles. The van der Waals surface area contributed by atoms with E-state index in [1.54, 1.807) is 24.3 Å². The summed E-state index contributed by atoms with van der Waals surface area (Å²) in [6.45, 7) is 3.20. The van der Waals surface area contributed by atoms with Gasteiger partial charge in [0, 0.05) is 5.56 Å². The quantitative estimate of drug-likeness (QED) is 0.763. The third-order valence-electron chi connectivity index (χ3n) is 2.60. The normalized spacial score (nSPS) is 11.9. The topological polar surface area (TPSA) is 17.8 Å². The molecule has 2 nitrogen and oxygen atoms in total. The van der Waals surface area contributed by atoms with Crippen molar-refractivity contribution in [2.24, 2.45) is 0 Å². The minimum absolute atomic E-state index is 0.0221. The van der Waals surface area contributed by atoms with Gasteiger partial charge in [-0.25, -0.2) is 4.68 Å². The van der Waals surface area contributed by atoms with E-state index < -0.39 is 11.9 Å². The van der Waals surface area contributed by atoms with Gasteiger partial charge in [0.15, 0.2) is 5.69 Å². The van der Waals surface area contributed by atoms with Gasteiger partial charge < -0.3 is 0 Å². The molecule has 0 fully saturated rings. The second-order valence-electron chi connectivity index (χ2n) is 4.01. The molecular weight excluding hydrogens is 265 g/mol. The highest BCUT2D eigenvalue weighted by Crippen LogP contribution is 2.34. The first kappa shape index (κ1) is 13.0. The largest absolute Gasteiger partial charge is 0.435 e. The lowest BCUT2D eigenvalue weighted by molar-refractivity contribution is -0.141.